The molecule has 1 aliphatic heterocycles. The van der Waals surface area contributed by atoms with Crippen LogP contribution in [-0.2, 0) is 19.4 Å². The summed E-state index contributed by atoms with van der Waals surface area (Å²) in [7, 11) is -3.10. The van der Waals surface area contributed by atoms with Crippen molar-refractivity contribution in [3.63, 3.8) is 0 Å². The number of rotatable bonds is 6. The molecule has 146 valence electrons. The van der Waals surface area contributed by atoms with E-state index in [9.17, 15) is 18.0 Å². The molecule has 1 saturated heterocycles. The molecule has 2 heterocycles. The molecule has 27 heavy (non-hydrogen) atoms. The molecule has 1 aromatic carbocycles. The van der Waals surface area contributed by atoms with E-state index < -0.39 is 21.9 Å². The van der Waals surface area contributed by atoms with Crippen LogP contribution < -0.4 is 5.56 Å². The summed E-state index contributed by atoms with van der Waals surface area (Å²) in [5.74, 6) is -0.592. The largest absolute Gasteiger partial charge is 0.461 e. The molecular formula is C18H22N2O5S2. The highest BCUT2D eigenvalue weighted by Gasteiger charge is 2.30. The molecular weight excluding hydrogens is 388 g/mol. The number of thioether (sulfide) groups is 1. The Balaban J connectivity index is 1.79. The molecule has 7 nitrogen and oxygen atoms in total. The van der Waals surface area contributed by atoms with Gasteiger partial charge in [-0.3, -0.25) is 14.2 Å². The Hall–Kier alpha value is -1.87. The predicted octanol–water partition coefficient (Wildman–Crippen LogP) is 2.19. The molecule has 1 aliphatic rings. The van der Waals surface area contributed by atoms with Crippen molar-refractivity contribution >= 4 is 38.5 Å². The van der Waals surface area contributed by atoms with Crippen molar-refractivity contribution in [1.82, 2.24) is 9.55 Å². The average molecular weight is 411 g/mol. The maximum Gasteiger partial charge on any atom is 0.316 e. The SMILES string of the molecule is CC[C@H](C)n1c(SCC(=O)O[C@@H]2CCS(=O)(=O)C2)nc2ccccc2c1=O. The molecule has 2 atom stereocenters. The Bertz CT molecular complexity index is 1020. The Morgan fingerprint density at radius 1 is 1.41 bits per heavy atom. The van der Waals surface area contributed by atoms with Gasteiger partial charge in [0.1, 0.15) is 6.10 Å². The first-order chi connectivity index (χ1) is 12.8. The first kappa shape index (κ1) is 19.9. The zero-order valence-corrected chi connectivity index (χ0v) is 16.9. The summed E-state index contributed by atoms with van der Waals surface area (Å²) >= 11 is 1.14. The van der Waals surface area contributed by atoms with E-state index >= 15 is 0 Å². The Labute approximate surface area is 162 Å². The molecule has 1 aromatic heterocycles. The summed E-state index contributed by atoms with van der Waals surface area (Å²) in [6.07, 6.45) is 0.506. The quantitative estimate of drug-likeness (QED) is 0.409. The van der Waals surface area contributed by atoms with E-state index in [0.29, 0.717) is 22.5 Å². The van der Waals surface area contributed by atoms with E-state index in [1.165, 1.54) is 0 Å². The molecule has 1 fully saturated rings. The van der Waals surface area contributed by atoms with Gasteiger partial charge in [0, 0.05) is 6.04 Å². The first-order valence-corrected chi connectivity index (χ1v) is 11.7. The van der Waals surface area contributed by atoms with Gasteiger partial charge in [-0.25, -0.2) is 13.4 Å². The Kier molecular flexibility index (Phi) is 5.90. The number of hydrogen-bond acceptors (Lipinski definition) is 7. The third-order valence-electron chi connectivity index (χ3n) is 4.61. The number of sulfone groups is 1. The third kappa shape index (κ3) is 4.52. The van der Waals surface area contributed by atoms with Crippen molar-refractivity contribution in [2.75, 3.05) is 17.3 Å². The first-order valence-electron chi connectivity index (χ1n) is 8.84. The summed E-state index contributed by atoms with van der Waals surface area (Å²) in [4.78, 5) is 29.6. The fourth-order valence-corrected chi connectivity index (χ4v) is 5.47. The van der Waals surface area contributed by atoms with Gasteiger partial charge >= 0.3 is 5.97 Å². The lowest BCUT2D eigenvalue weighted by molar-refractivity contribution is -0.144. The number of carbonyl (C=O) groups is 1. The lowest BCUT2D eigenvalue weighted by atomic mass is 10.2. The lowest BCUT2D eigenvalue weighted by Gasteiger charge is -2.18. The van der Waals surface area contributed by atoms with E-state index in [0.717, 1.165) is 18.2 Å². The second-order valence-corrected chi connectivity index (χ2v) is 9.82. The Morgan fingerprint density at radius 2 is 2.15 bits per heavy atom. The summed E-state index contributed by atoms with van der Waals surface area (Å²) in [6.45, 7) is 3.92. The van der Waals surface area contributed by atoms with Gasteiger partial charge in [0.2, 0.25) is 0 Å². The van der Waals surface area contributed by atoms with Gasteiger partial charge < -0.3 is 4.74 Å². The lowest BCUT2D eigenvalue weighted by Crippen LogP contribution is -2.27. The van der Waals surface area contributed by atoms with Gasteiger partial charge in [0.15, 0.2) is 15.0 Å². The second-order valence-electron chi connectivity index (χ2n) is 6.65. The minimum atomic E-state index is -3.10. The highest BCUT2D eigenvalue weighted by atomic mass is 32.2. The van der Waals surface area contributed by atoms with Crippen LogP contribution in [0.5, 0.6) is 0 Å². The number of carbonyl (C=O) groups excluding carboxylic acids is 1. The zero-order chi connectivity index (χ0) is 19.6. The van der Waals surface area contributed by atoms with Crippen LogP contribution in [0.2, 0.25) is 0 Å². The van der Waals surface area contributed by atoms with E-state index in [4.69, 9.17) is 4.74 Å². The molecule has 0 aliphatic carbocycles. The molecule has 0 bridgehead atoms. The monoisotopic (exact) mass is 410 g/mol. The van der Waals surface area contributed by atoms with E-state index in [2.05, 4.69) is 4.98 Å². The van der Waals surface area contributed by atoms with Crippen molar-refractivity contribution in [3.8, 4) is 0 Å². The number of nitrogens with zero attached hydrogens (tertiary/aromatic N) is 2. The van der Waals surface area contributed by atoms with Gasteiger partial charge in [0.05, 0.1) is 28.2 Å². The molecule has 9 heteroatoms. The van der Waals surface area contributed by atoms with Gasteiger partial charge in [0.25, 0.3) is 5.56 Å². The maximum atomic E-state index is 12.9. The number of para-hydroxylation sites is 1. The number of esters is 1. The van der Waals surface area contributed by atoms with Crippen LogP contribution in [0, 0.1) is 0 Å². The molecule has 0 amide bonds. The standard InChI is InChI=1S/C18H22N2O5S2/c1-3-12(2)20-17(22)14-6-4-5-7-15(14)19-18(20)26-10-16(21)25-13-8-9-27(23,24)11-13/h4-7,12-13H,3,8-11H2,1-2H3/t12-,13+/m0/s1. The number of benzene rings is 1. The number of hydrogen-bond donors (Lipinski definition) is 0. The Morgan fingerprint density at radius 3 is 2.81 bits per heavy atom. The fourth-order valence-electron chi connectivity index (χ4n) is 3.00. The van der Waals surface area contributed by atoms with Crippen LogP contribution in [0.25, 0.3) is 10.9 Å². The van der Waals surface area contributed by atoms with Gasteiger partial charge in [-0.15, -0.1) is 0 Å². The van der Waals surface area contributed by atoms with Crippen LogP contribution in [0.1, 0.15) is 32.7 Å². The van der Waals surface area contributed by atoms with Crippen molar-refractivity contribution in [2.24, 2.45) is 0 Å². The maximum absolute atomic E-state index is 12.9. The highest BCUT2D eigenvalue weighted by Crippen LogP contribution is 2.23. The second kappa shape index (κ2) is 8.02. The van der Waals surface area contributed by atoms with Crippen molar-refractivity contribution in [1.29, 1.82) is 0 Å². The minimum Gasteiger partial charge on any atom is -0.461 e. The van der Waals surface area contributed by atoms with E-state index in [1.54, 1.807) is 22.8 Å². The third-order valence-corrected chi connectivity index (χ3v) is 7.28. The fraction of sp³-hybridized carbons (Fsp3) is 0.500. The molecule has 3 rings (SSSR count). The number of aromatic nitrogens is 2. The van der Waals surface area contributed by atoms with E-state index in [1.807, 2.05) is 19.9 Å². The van der Waals surface area contributed by atoms with Crippen LogP contribution in [0.15, 0.2) is 34.2 Å². The molecule has 0 radical (unpaired) electrons. The van der Waals surface area contributed by atoms with Gasteiger partial charge in [-0.05, 0) is 31.9 Å². The number of ether oxygens (including phenoxy) is 1. The smallest absolute Gasteiger partial charge is 0.316 e. The molecule has 0 N–H and O–H groups in total. The zero-order valence-electron chi connectivity index (χ0n) is 15.3. The van der Waals surface area contributed by atoms with E-state index in [-0.39, 0.29) is 28.9 Å². The van der Waals surface area contributed by atoms with Crippen LogP contribution in [0.3, 0.4) is 0 Å². The normalized spacial score (nSPS) is 19.9. The van der Waals surface area contributed by atoms with Crippen molar-refractivity contribution in [2.45, 2.75) is 44.0 Å². The molecule has 0 spiro atoms. The average Bonchev–Trinajstić information content (AvgIpc) is 2.98. The summed E-state index contributed by atoms with van der Waals surface area (Å²) in [5.41, 5.74) is 0.451. The van der Waals surface area contributed by atoms with Crippen LogP contribution >= 0.6 is 11.8 Å². The highest BCUT2D eigenvalue weighted by molar-refractivity contribution is 7.99. The molecule has 2 aromatic rings. The summed E-state index contributed by atoms with van der Waals surface area (Å²) < 4.78 is 29.8. The summed E-state index contributed by atoms with van der Waals surface area (Å²) in [6, 6.07) is 7.06. The minimum absolute atomic E-state index is 0.0300. The summed E-state index contributed by atoms with van der Waals surface area (Å²) in [5, 5.41) is 1.00. The predicted molar refractivity (Wildman–Crippen MR) is 105 cm³/mol. The van der Waals surface area contributed by atoms with Crippen LogP contribution in [-0.4, -0.2) is 47.3 Å². The molecule has 0 saturated carbocycles. The van der Waals surface area contributed by atoms with Gasteiger partial charge in [-0.2, -0.15) is 0 Å². The topological polar surface area (TPSA) is 95.3 Å². The van der Waals surface area contributed by atoms with Crippen LogP contribution in [0.4, 0.5) is 0 Å². The number of fused-ring (bicyclic) bond motifs is 1. The van der Waals surface area contributed by atoms with Crippen molar-refractivity contribution in [3.05, 3.63) is 34.6 Å². The molecule has 0 unspecified atom stereocenters. The van der Waals surface area contributed by atoms with Gasteiger partial charge in [-0.1, -0.05) is 30.8 Å². The van der Waals surface area contributed by atoms with Crippen molar-refractivity contribution < 1.29 is 17.9 Å².